The molecule has 0 spiro atoms. The number of rotatable bonds is 2. The van der Waals surface area contributed by atoms with Crippen LogP contribution < -0.4 is 0 Å². The molecular formula is C27H52FN3. The van der Waals surface area contributed by atoms with Crippen LogP contribution in [0.5, 0.6) is 0 Å². The Labute approximate surface area is 194 Å². The van der Waals surface area contributed by atoms with E-state index in [1.54, 1.807) is 6.08 Å². The van der Waals surface area contributed by atoms with E-state index in [2.05, 4.69) is 73.7 Å². The fourth-order valence-electron chi connectivity index (χ4n) is 3.61. The van der Waals surface area contributed by atoms with Crippen LogP contribution in [0.4, 0.5) is 4.39 Å². The van der Waals surface area contributed by atoms with Gasteiger partial charge in [0.05, 0.1) is 5.83 Å². The highest BCUT2D eigenvalue weighted by atomic mass is 19.1. The Morgan fingerprint density at radius 1 is 0.710 bits per heavy atom. The summed E-state index contributed by atoms with van der Waals surface area (Å²) in [6.07, 6.45) is 17.3. The van der Waals surface area contributed by atoms with E-state index in [0.29, 0.717) is 18.5 Å². The third-order valence-electron chi connectivity index (χ3n) is 5.72. The van der Waals surface area contributed by atoms with Crippen molar-refractivity contribution in [2.75, 3.05) is 46.3 Å². The van der Waals surface area contributed by atoms with Crippen molar-refractivity contribution in [2.45, 2.75) is 92.2 Å². The van der Waals surface area contributed by atoms with E-state index in [-0.39, 0.29) is 5.83 Å². The third-order valence-corrected chi connectivity index (χ3v) is 5.72. The summed E-state index contributed by atoms with van der Waals surface area (Å²) in [4.78, 5) is 7.17. The SMILES string of the molecule is CC.CC(C)N1CC=CCCC1.CC(C)N1CCC=C(F)CC1.CN1CCC=CCC1. The molecule has 0 atom stereocenters. The Bertz CT molecular complexity index is 487. The van der Waals surface area contributed by atoms with Gasteiger partial charge in [-0.15, -0.1) is 0 Å². The normalized spacial score (nSPS) is 20.8. The summed E-state index contributed by atoms with van der Waals surface area (Å²) in [6, 6.07) is 1.26. The number of nitrogens with zero attached hydrogens (tertiary/aromatic N) is 3. The topological polar surface area (TPSA) is 9.72 Å². The second-order valence-electron chi connectivity index (χ2n) is 8.87. The lowest BCUT2D eigenvalue weighted by Gasteiger charge is -2.23. The minimum absolute atomic E-state index is 0.0631. The molecule has 0 saturated carbocycles. The lowest BCUT2D eigenvalue weighted by Crippen LogP contribution is -2.31. The first-order chi connectivity index (χ1) is 14.9. The molecule has 3 aliphatic heterocycles. The van der Waals surface area contributed by atoms with E-state index in [1.807, 2.05) is 13.8 Å². The Kier molecular flexibility index (Phi) is 19.1. The molecule has 0 unspecified atom stereocenters. The van der Waals surface area contributed by atoms with Gasteiger partial charge < -0.3 is 9.80 Å². The van der Waals surface area contributed by atoms with Gasteiger partial charge in [-0.25, -0.2) is 4.39 Å². The molecule has 3 nitrogen and oxygen atoms in total. The monoisotopic (exact) mass is 437 g/mol. The molecule has 0 aromatic carbocycles. The summed E-state index contributed by atoms with van der Waals surface area (Å²) in [5.41, 5.74) is 0. The maximum absolute atomic E-state index is 12.7. The summed E-state index contributed by atoms with van der Waals surface area (Å²) in [6.45, 7) is 19.6. The van der Waals surface area contributed by atoms with Gasteiger partial charge in [0.15, 0.2) is 0 Å². The fraction of sp³-hybridized carbons (Fsp3) is 0.778. The zero-order valence-corrected chi connectivity index (χ0v) is 21.7. The van der Waals surface area contributed by atoms with Gasteiger partial charge in [-0.3, -0.25) is 4.90 Å². The van der Waals surface area contributed by atoms with Crippen LogP contribution >= 0.6 is 0 Å². The van der Waals surface area contributed by atoms with E-state index in [1.165, 1.54) is 45.3 Å². The van der Waals surface area contributed by atoms with Crippen molar-refractivity contribution in [2.24, 2.45) is 0 Å². The minimum atomic E-state index is 0.0631. The molecule has 0 aromatic rings. The number of allylic oxidation sites excluding steroid dienone is 1. The Balaban J connectivity index is 0.000000423. The zero-order chi connectivity index (χ0) is 23.5. The van der Waals surface area contributed by atoms with E-state index in [4.69, 9.17) is 0 Å². The van der Waals surface area contributed by atoms with Crippen molar-refractivity contribution in [1.82, 2.24) is 14.7 Å². The van der Waals surface area contributed by atoms with Crippen LogP contribution in [0, 0.1) is 0 Å². The average Bonchev–Trinajstić information content (AvgIpc) is 3.25. The van der Waals surface area contributed by atoms with Gasteiger partial charge in [0.25, 0.3) is 0 Å². The molecule has 0 aromatic heterocycles. The first-order valence-electron chi connectivity index (χ1n) is 12.7. The minimum Gasteiger partial charge on any atom is -0.306 e. The van der Waals surface area contributed by atoms with Crippen LogP contribution in [0.15, 0.2) is 36.2 Å². The smallest absolute Gasteiger partial charge is 0.0973 e. The molecular weight excluding hydrogens is 385 g/mol. The molecule has 0 bridgehead atoms. The van der Waals surface area contributed by atoms with Crippen LogP contribution in [0.3, 0.4) is 0 Å². The molecule has 0 aliphatic carbocycles. The summed E-state index contributed by atoms with van der Waals surface area (Å²) in [5, 5.41) is 0. The molecule has 3 heterocycles. The molecule has 0 N–H and O–H groups in total. The van der Waals surface area contributed by atoms with Crippen LogP contribution in [0.25, 0.3) is 0 Å². The number of hydrogen-bond acceptors (Lipinski definition) is 3. The second kappa shape index (κ2) is 19.7. The van der Waals surface area contributed by atoms with Crippen molar-refractivity contribution >= 4 is 0 Å². The highest BCUT2D eigenvalue weighted by Gasteiger charge is 2.12. The summed E-state index contributed by atoms with van der Waals surface area (Å²) >= 11 is 0. The largest absolute Gasteiger partial charge is 0.306 e. The van der Waals surface area contributed by atoms with Gasteiger partial charge in [0, 0.05) is 51.2 Å². The van der Waals surface area contributed by atoms with Gasteiger partial charge in [-0.1, -0.05) is 44.2 Å². The van der Waals surface area contributed by atoms with E-state index in [0.717, 1.165) is 26.1 Å². The lowest BCUT2D eigenvalue weighted by atomic mass is 10.3. The maximum atomic E-state index is 12.7. The molecule has 0 saturated heterocycles. The van der Waals surface area contributed by atoms with Crippen LogP contribution in [0.2, 0.25) is 0 Å². The number of hydrogen-bond donors (Lipinski definition) is 0. The van der Waals surface area contributed by atoms with Crippen molar-refractivity contribution in [3.8, 4) is 0 Å². The van der Waals surface area contributed by atoms with Crippen molar-refractivity contribution in [3.63, 3.8) is 0 Å². The predicted molar refractivity (Wildman–Crippen MR) is 137 cm³/mol. The second-order valence-corrected chi connectivity index (χ2v) is 8.87. The fourth-order valence-corrected chi connectivity index (χ4v) is 3.61. The Morgan fingerprint density at radius 2 is 1.29 bits per heavy atom. The molecule has 4 heteroatoms. The number of halogens is 1. The van der Waals surface area contributed by atoms with Gasteiger partial charge in [0.2, 0.25) is 0 Å². The summed E-state index contributed by atoms with van der Waals surface area (Å²) < 4.78 is 12.7. The van der Waals surface area contributed by atoms with Crippen LogP contribution in [0.1, 0.15) is 80.1 Å². The van der Waals surface area contributed by atoms with Gasteiger partial charge in [0.1, 0.15) is 0 Å². The van der Waals surface area contributed by atoms with E-state index in [9.17, 15) is 4.39 Å². The first kappa shape index (κ1) is 30.0. The first-order valence-corrected chi connectivity index (χ1v) is 12.7. The van der Waals surface area contributed by atoms with Crippen LogP contribution in [-0.4, -0.2) is 73.1 Å². The van der Waals surface area contributed by atoms with Crippen molar-refractivity contribution in [3.05, 3.63) is 36.2 Å². The zero-order valence-electron chi connectivity index (χ0n) is 21.7. The maximum Gasteiger partial charge on any atom is 0.0973 e. The molecule has 182 valence electrons. The van der Waals surface area contributed by atoms with Crippen LogP contribution in [-0.2, 0) is 0 Å². The lowest BCUT2D eigenvalue weighted by molar-refractivity contribution is 0.230. The third kappa shape index (κ3) is 16.3. The highest BCUT2D eigenvalue weighted by molar-refractivity contribution is 4.95. The predicted octanol–water partition coefficient (Wildman–Crippen LogP) is 6.69. The Morgan fingerprint density at radius 3 is 1.87 bits per heavy atom. The quantitative estimate of drug-likeness (QED) is 0.446. The molecule has 3 aliphatic rings. The van der Waals surface area contributed by atoms with Gasteiger partial charge in [-0.05, 0) is 73.4 Å². The standard InChI is InChI=1S/C9H16FN.C9H17N.C7H13N.C2H6/c1-8(2)11-6-3-4-9(10)5-7-11;1-9(2)10-7-5-3-4-6-8-10;1-8-6-4-2-3-5-7-8;1-2/h4,8H,3,5-7H2,1-2H3;3,5,9H,4,6-8H2,1-2H3;2-3H,4-7H2,1H3;1-2H3. The van der Waals surface area contributed by atoms with Crippen molar-refractivity contribution in [1.29, 1.82) is 0 Å². The van der Waals surface area contributed by atoms with E-state index >= 15 is 0 Å². The molecule has 0 fully saturated rings. The van der Waals surface area contributed by atoms with Gasteiger partial charge in [-0.2, -0.15) is 0 Å². The summed E-state index contributed by atoms with van der Waals surface area (Å²) in [7, 11) is 2.17. The van der Waals surface area contributed by atoms with Gasteiger partial charge >= 0.3 is 0 Å². The average molecular weight is 438 g/mol. The van der Waals surface area contributed by atoms with Crippen molar-refractivity contribution < 1.29 is 4.39 Å². The van der Waals surface area contributed by atoms with E-state index < -0.39 is 0 Å². The highest BCUT2D eigenvalue weighted by Crippen LogP contribution is 2.13. The molecule has 0 radical (unpaired) electrons. The molecule has 31 heavy (non-hydrogen) atoms. The summed E-state index contributed by atoms with van der Waals surface area (Å²) in [5.74, 6) is 0.0631. The molecule has 3 rings (SSSR count). The molecule has 0 amide bonds. The Hall–Kier alpha value is -0.970.